The molecule has 128 valence electrons. The lowest BCUT2D eigenvalue weighted by atomic mass is 10.1. The molecular weight excluding hydrogens is 324 g/mol. The first-order chi connectivity index (χ1) is 11.7. The van der Waals surface area contributed by atoms with Crippen molar-refractivity contribution in [1.82, 2.24) is 9.80 Å². The van der Waals surface area contributed by atoms with E-state index in [1.54, 1.807) is 4.90 Å². The highest BCUT2D eigenvalue weighted by Gasteiger charge is 2.36. The minimum absolute atomic E-state index is 0.204. The molecule has 0 aromatic heterocycles. The maximum atomic E-state index is 11.8. The molecule has 0 N–H and O–H groups in total. The number of carbonyl (C=O) groups is 1. The van der Waals surface area contributed by atoms with E-state index < -0.39 is 0 Å². The smallest absolute Gasteiger partial charge is 0.409 e. The number of hydrogen-bond acceptors (Lipinski definition) is 3. The predicted octanol–water partition coefficient (Wildman–Crippen LogP) is 3.24. The standard InChI is InChI=1S/C19H23ClN2O2/c1-2-24-19(23)22-12-10-21(11-13-22)18(16-7-8-16)9-6-15-4-3-5-17(20)14-15/h3-5,14,16,18H,2,7-8,10-13H2,1H3. The van der Waals surface area contributed by atoms with E-state index in [4.69, 9.17) is 16.3 Å². The summed E-state index contributed by atoms with van der Waals surface area (Å²) >= 11 is 6.03. The lowest BCUT2D eigenvalue weighted by Gasteiger charge is -2.37. The summed E-state index contributed by atoms with van der Waals surface area (Å²) in [6, 6.07) is 7.95. The van der Waals surface area contributed by atoms with Crippen LogP contribution in [0.2, 0.25) is 5.02 Å². The lowest BCUT2D eigenvalue weighted by molar-refractivity contribution is 0.0710. The van der Waals surface area contributed by atoms with Crippen molar-refractivity contribution in [3.05, 3.63) is 34.9 Å². The third-order valence-corrected chi connectivity index (χ3v) is 4.73. The molecule has 1 aromatic rings. The highest BCUT2D eigenvalue weighted by Crippen LogP contribution is 2.35. The minimum Gasteiger partial charge on any atom is -0.450 e. The van der Waals surface area contributed by atoms with E-state index in [9.17, 15) is 4.79 Å². The van der Waals surface area contributed by atoms with Crippen LogP contribution in [0.25, 0.3) is 0 Å². The average Bonchev–Trinajstić information content (AvgIpc) is 3.41. The van der Waals surface area contributed by atoms with Crippen molar-refractivity contribution in [3.63, 3.8) is 0 Å². The average molecular weight is 347 g/mol. The monoisotopic (exact) mass is 346 g/mol. The minimum atomic E-state index is -0.204. The van der Waals surface area contributed by atoms with E-state index in [2.05, 4.69) is 16.7 Å². The number of halogens is 1. The molecule has 1 aliphatic carbocycles. The second-order valence-electron chi connectivity index (χ2n) is 6.28. The van der Waals surface area contributed by atoms with E-state index in [1.807, 2.05) is 31.2 Å². The molecule has 2 aliphatic rings. The second kappa shape index (κ2) is 7.92. The maximum absolute atomic E-state index is 11.8. The fourth-order valence-corrected chi connectivity index (χ4v) is 3.23. The van der Waals surface area contributed by atoms with E-state index in [0.717, 1.165) is 18.7 Å². The Morgan fingerprint density at radius 1 is 1.33 bits per heavy atom. The molecule has 1 heterocycles. The van der Waals surface area contributed by atoms with Gasteiger partial charge in [-0.05, 0) is 43.9 Å². The van der Waals surface area contributed by atoms with Gasteiger partial charge in [-0.15, -0.1) is 0 Å². The molecule has 0 bridgehead atoms. The molecule has 0 radical (unpaired) electrons. The van der Waals surface area contributed by atoms with E-state index >= 15 is 0 Å². The summed E-state index contributed by atoms with van der Waals surface area (Å²) in [7, 11) is 0. The van der Waals surface area contributed by atoms with Crippen LogP contribution < -0.4 is 0 Å². The van der Waals surface area contributed by atoms with Gasteiger partial charge < -0.3 is 9.64 Å². The summed E-state index contributed by atoms with van der Waals surface area (Å²) in [5, 5.41) is 0.716. The summed E-state index contributed by atoms with van der Waals surface area (Å²) in [4.78, 5) is 16.0. The van der Waals surface area contributed by atoms with Crippen LogP contribution in [-0.4, -0.2) is 54.7 Å². The van der Waals surface area contributed by atoms with Crippen molar-refractivity contribution in [2.45, 2.75) is 25.8 Å². The zero-order valence-corrected chi connectivity index (χ0v) is 14.8. The molecule has 4 nitrogen and oxygen atoms in total. The van der Waals surface area contributed by atoms with Gasteiger partial charge in [0.2, 0.25) is 0 Å². The van der Waals surface area contributed by atoms with Crippen molar-refractivity contribution in [1.29, 1.82) is 0 Å². The molecule has 5 heteroatoms. The Bertz CT molecular complexity index is 640. The van der Waals surface area contributed by atoms with Crippen molar-refractivity contribution in [2.24, 2.45) is 5.92 Å². The van der Waals surface area contributed by atoms with Gasteiger partial charge in [0, 0.05) is 36.8 Å². The van der Waals surface area contributed by atoms with E-state index in [0.29, 0.717) is 30.6 Å². The Kier molecular flexibility index (Phi) is 5.65. The Balaban J connectivity index is 1.63. The molecule has 24 heavy (non-hydrogen) atoms. The topological polar surface area (TPSA) is 32.8 Å². The number of nitrogens with zero attached hydrogens (tertiary/aromatic N) is 2. The van der Waals surface area contributed by atoms with Crippen LogP contribution in [0.1, 0.15) is 25.3 Å². The molecular formula is C19H23ClN2O2. The van der Waals surface area contributed by atoms with Crippen molar-refractivity contribution in [3.8, 4) is 11.8 Å². The highest BCUT2D eigenvalue weighted by atomic mass is 35.5. The zero-order valence-electron chi connectivity index (χ0n) is 14.0. The third kappa shape index (κ3) is 4.43. The summed E-state index contributed by atoms with van der Waals surface area (Å²) in [6.07, 6.45) is 2.28. The fraction of sp³-hybridized carbons (Fsp3) is 0.526. The molecule has 1 unspecified atom stereocenters. The maximum Gasteiger partial charge on any atom is 0.409 e. The number of benzene rings is 1. The highest BCUT2D eigenvalue weighted by molar-refractivity contribution is 6.30. The number of piperazine rings is 1. The SMILES string of the molecule is CCOC(=O)N1CCN(C(C#Cc2cccc(Cl)c2)C2CC2)CC1. The van der Waals surface area contributed by atoms with Crippen molar-refractivity contribution >= 4 is 17.7 Å². The van der Waals surface area contributed by atoms with Crippen LogP contribution in [0.4, 0.5) is 4.79 Å². The van der Waals surface area contributed by atoms with Gasteiger partial charge in [0.15, 0.2) is 0 Å². The Morgan fingerprint density at radius 3 is 2.71 bits per heavy atom. The van der Waals surface area contributed by atoms with Gasteiger partial charge in [0.25, 0.3) is 0 Å². The first kappa shape index (κ1) is 17.1. The lowest BCUT2D eigenvalue weighted by Crippen LogP contribution is -2.52. The molecule has 0 spiro atoms. The molecule has 1 atom stereocenters. The largest absolute Gasteiger partial charge is 0.450 e. The fourth-order valence-electron chi connectivity index (χ4n) is 3.04. The number of rotatable bonds is 3. The van der Waals surface area contributed by atoms with Crippen LogP contribution in [-0.2, 0) is 4.74 Å². The molecule has 1 saturated carbocycles. The first-order valence-electron chi connectivity index (χ1n) is 8.60. The third-order valence-electron chi connectivity index (χ3n) is 4.49. The van der Waals surface area contributed by atoms with E-state index in [1.165, 1.54) is 12.8 Å². The van der Waals surface area contributed by atoms with E-state index in [-0.39, 0.29) is 12.1 Å². The van der Waals surface area contributed by atoms with Gasteiger partial charge in [0.05, 0.1) is 12.6 Å². The molecule has 1 aliphatic heterocycles. The van der Waals surface area contributed by atoms with Crippen LogP contribution in [0, 0.1) is 17.8 Å². The van der Waals surface area contributed by atoms with Crippen LogP contribution in [0.15, 0.2) is 24.3 Å². The molecule has 1 amide bonds. The zero-order chi connectivity index (χ0) is 16.9. The summed E-state index contributed by atoms with van der Waals surface area (Å²) in [5.74, 6) is 7.38. The number of amides is 1. The van der Waals surface area contributed by atoms with Gasteiger partial charge in [-0.25, -0.2) is 4.79 Å². The van der Waals surface area contributed by atoms with Crippen molar-refractivity contribution < 1.29 is 9.53 Å². The Labute approximate surface area is 148 Å². The quantitative estimate of drug-likeness (QED) is 0.788. The number of hydrogen-bond donors (Lipinski definition) is 0. The molecule has 1 aromatic carbocycles. The van der Waals surface area contributed by atoms with Gasteiger partial charge in [-0.2, -0.15) is 0 Å². The molecule has 2 fully saturated rings. The number of ether oxygens (including phenoxy) is 1. The van der Waals surface area contributed by atoms with Crippen molar-refractivity contribution in [2.75, 3.05) is 32.8 Å². The molecule has 1 saturated heterocycles. The van der Waals surface area contributed by atoms with Crippen LogP contribution >= 0.6 is 11.6 Å². The normalized spacial score (nSPS) is 19.3. The van der Waals surface area contributed by atoms with Gasteiger partial charge in [0.1, 0.15) is 0 Å². The molecule has 3 rings (SSSR count). The second-order valence-corrected chi connectivity index (χ2v) is 6.72. The number of carbonyl (C=O) groups excluding carboxylic acids is 1. The summed E-state index contributed by atoms with van der Waals surface area (Å²) in [5.41, 5.74) is 0.957. The van der Waals surface area contributed by atoms with Crippen LogP contribution in [0.5, 0.6) is 0 Å². The van der Waals surface area contributed by atoms with Gasteiger partial charge in [-0.3, -0.25) is 4.90 Å². The van der Waals surface area contributed by atoms with Gasteiger partial charge in [-0.1, -0.05) is 29.5 Å². The summed E-state index contributed by atoms with van der Waals surface area (Å²) < 4.78 is 5.08. The predicted molar refractivity (Wildman–Crippen MR) is 95.0 cm³/mol. The van der Waals surface area contributed by atoms with Crippen LogP contribution in [0.3, 0.4) is 0 Å². The first-order valence-corrected chi connectivity index (χ1v) is 8.98. The van der Waals surface area contributed by atoms with Gasteiger partial charge >= 0.3 is 6.09 Å². The Morgan fingerprint density at radius 2 is 2.08 bits per heavy atom. The Hall–Kier alpha value is -1.70. The summed E-state index contributed by atoms with van der Waals surface area (Å²) in [6.45, 7) is 5.38.